The van der Waals surface area contributed by atoms with Crippen LogP contribution in [0.4, 0.5) is 0 Å². The van der Waals surface area contributed by atoms with Crippen LogP contribution >= 0.6 is 0 Å². The van der Waals surface area contributed by atoms with E-state index in [1.54, 1.807) is 10.6 Å². The van der Waals surface area contributed by atoms with Gasteiger partial charge in [-0.25, -0.2) is 0 Å². The van der Waals surface area contributed by atoms with Crippen molar-refractivity contribution >= 4 is 16.3 Å². The van der Waals surface area contributed by atoms with Crippen LogP contribution in [0.2, 0.25) is 0 Å². The van der Waals surface area contributed by atoms with Crippen molar-refractivity contribution in [2.24, 2.45) is 11.5 Å². The van der Waals surface area contributed by atoms with E-state index in [1.807, 2.05) is 55.5 Å². The van der Waals surface area contributed by atoms with Gasteiger partial charge in [-0.1, -0.05) is 43.3 Å². The molecule has 3 aromatic rings. The molecule has 0 unspecified atom stereocenters. The van der Waals surface area contributed by atoms with Crippen LogP contribution in [0.5, 0.6) is 0 Å². The van der Waals surface area contributed by atoms with E-state index in [-0.39, 0.29) is 5.56 Å². The summed E-state index contributed by atoms with van der Waals surface area (Å²) in [6, 6.07) is 17.5. The normalized spacial score (nSPS) is 12.1. The maximum Gasteiger partial charge on any atom is 0.263 e. The lowest BCUT2D eigenvalue weighted by molar-refractivity contribution is 0.889. The summed E-state index contributed by atoms with van der Waals surface area (Å²) in [5, 5.41) is 1.54. The molecule has 0 saturated carbocycles. The van der Waals surface area contributed by atoms with E-state index in [9.17, 15) is 4.79 Å². The first-order chi connectivity index (χ1) is 12.2. The molecule has 0 bridgehead atoms. The molecule has 0 fully saturated rings. The predicted octanol–water partition coefficient (Wildman–Crippen LogP) is 3.33. The number of fused-ring (bicyclic) bond motifs is 1. The third kappa shape index (κ3) is 2.94. The van der Waals surface area contributed by atoms with Gasteiger partial charge in [0.2, 0.25) is 0 Å². The summed E-state index contributed by atoms with van der Waals surface area (Å²) >= 11 is 0. The number of para-hydroxylation sites is 1. The van der Waals surface area contributed by atoms with Crippen molar-refractivity contribution in [3.8, 4) is 5.69 Å². The summed E-state index contributed by atoms with van der Waals surface area (Å²) in [6.45, 7) is 2.05. The topological polar surface area (TPSA) is 74.0 Å². The smallest absolute Gasteiger partial charge is 0.263 e. The van der Waals surface area contributed by atoms with Crippen molar-refractivity contribution in [3.05, 3.63) is 94.7 Å². The van der Waals surface area contributed by atoms with Gasteiger partial charge in [-0.2, -0.15) is 0 Å². The lowest BCUT2D eigenvalue weighted by Gasteiger charge is -2.15. The molecule has 1 heterocycles. The Hall–Kier alpha value is -3.27. The zero-order chi connectivity index (χ0) is 17.8. The van der Waals surface area contributed by atoms with Gasteiger partial charge in [0.25, 0.3) is 5.56 Å². The Labute approximate surface area is 146 Å². The molecule has 0 radical (unpaired) electrons. The summed E-state index contributed by atoms with van der Waals surface area (Å²) in [5.74, 6) is 0. The van der Waals surface area contributed by atoms with Gasteiger partial charge in [-0.15, -0.1) is 0 Å². The van der Waals surface area contributed by atoms with E-state index in [1.165, 1.54) is 12.4 Å². The van der Waals surface area contributed by atoms with E-state index in [0.717, 1.165) is 28.8 Å². The average Bonchev–Trinajstić information content (AvgIpc) is 2.66. The van der Waals surface area contributed by atoms with E-state index in [0.29, 0.717) is 11.0 Å². The molecule has 25 heavy (non-hydrogen) atoms. The maximum absolute atomic E-state index is 13.4. The molecule has 4 N–H and O–H groups in total. The number of pyridine rings is 1. The summed E-state index contributed by atoms with van der Waals surface area (Å²) in [4.78, 5) is 13.4. The molecular formula is C21H21N3O. The first-order valence-electron chi connectivity index (χ1n) is 8.25. The molecule has 1 aromatic heterocycles. The van der Waals surface area contributed by atoms with Crippen molar-refractivity contribution in [2.45, 2.75) is 13.3 Å². The first kappa shape index (κ1) is 16.6. The molecule has 0 aliphatic carbocycles. The number of rotatable bonds is 4. The Bertz CT molecular complexity index is 1010. The monoisotopic (exact) mass is 331 g/mol. The minimum atomic E-state index is -0.0547. The van der Waals surface area contributed by atoms with Crippen LogP contribution in [-0.2, 0) is 6.42 Å². The highest BCUT2D eigenvalue weighted by atomic mass is 16.1. The molecule has 0 amide bonds. The van der Waals surface area contributed by atoms with Crippen LogP contribution in [0, 0.1) is 0 Å². The number of aryl methyl sites for hydroxylation is 1. The Morgan fingerprint density at radius 3 is 2.48 bits per heavy atom. The van der Waals surface area contributed by atoms with Crippen molar-refractivity contribution in [2.75, 3.05) is 0 Å². The molecule has 0 aliphatic rings. The van der Waals surface area contributed by atoms with Gasteiger partial charge in [0.1, 0.15) is 0 Å². The highest BCUT2D eigenvalue weighted by molar-refractivity contribution is 5.95. The molecule has 0 saturated heterocycles. The Kier molecular flexibility index (Phi) is 4.70. The van der Waals surface area contributed by atoms with Crippen molar-refractivity contribution in [1.82, 2.24) is 4.57 Å². The van der Waals surface area contributed by atoms with Gasteiger partial charge in [0.15, 0.2) is 0 Å². The summed E-state index contributed by atoms with van der Waals surface area (Å²) < 4.78 is 1.77. The number of hydrogen-bond acceptors (Lipinski definition) is 3. The van der Waals surface area contributed by atoms with Crippen LogP contribution in [0.25, 0.3) is 22.0 Å². The number of nitrogens with two attached hydrogens (primary N) is 2. The molecule has 126 valence electrons. The fourth-order valence-corrected chi connectivity index (χ4v) is 3.12. The van der Waals surface area contributed by atoms with Crippen molar-refractivity contribution < 1.29 is 0 Å². The maximum atomic E-state index is 13.4. The van der Waals surface area contributed by atoms with Crippen LogP contribution in [0.1, 0.15) is 18.2 Å². The van der Waals surface area contributed by atoms with Crippen LogP contribution in [0.15, 0.2) is 77.9 Å². The van der Waals surface area contributed by atoms with Crippen LogP contribution < -0.4 is 17.0 Å². The second-order valence-electron chi connectivity index (χ2n) is 5.72. The molecule has 2 aromatic carbocycles. The molecule has 0 spiro atoms. The van der Waals surface area contributed by atoms with E-state index < -0.39 is 0 Å². The first-order valence-corrected chi connectivity index (χ1v) is 8.25. The predicted molar refractivity (Wildman–Crippen MR) is 104 cm³/mol. The number of nitrogens with zero attached hydrogens (tertiary/aromatic N) is 1. The summed E-state index contributed by atoms with van der Waals surface area (Å²) in [6.07, 6.45) is 5.35. The third-order valence-corrected chi connectivity index (χ3v) is 4.27. The highest BCUT2D eigenvalue weighted by Gasteiger charge is 2.14. The van der Waals surface area contributed by atoms with Crippen LogP contribution in [0.3, 0.4) is 0 Å². The van der Waals surface area contributed by atoms with E-state index >= 15 is 0 Å². The van der Waals surface area contributed by atoms with Gasteiger partial charge >= 0.3 is 0 Å². The second kappa shape index (κ2) is 7.09. The number of hydrogen-bond donors (Lipinski definition) is 2. The molecule has 3 rings (SSSR count). The largest absolute Gasteiger partial charge is 0.405 e. The van der Waals surface area contributed by atoms with Crippen molar-refractivity contribution in [3.63, 3.8) is 0 Å². The average molecular weight is 331 g/mol. The zero-order valence-corrected chi connectivity index (χ0v) is 14.1. The molecule has 0 aliphatic heterocycles. The van der Waals surface area contributed by atoms with Gasteiger partial charge in [0.05, 0.1) is 5.39 Å². The Balaban J connectivity index is 2.43. The molecule has 4 nitrogen and oxygen atoms in total. The van der Waals surface area contributed by atoms with Crippen molar-refractivity contribution in [1.29, 1.82) is 0 Å². The van der Waals surface area contributed by atoms with E-state index in [4.69, 9.17) is 11.5 Å². The summed E-state index contributed by atoms with van der Waals surface area (Å²) in [5.41, 5.74) is 14.6. The standard InChI is InChI=1S/C21H21N3O/c1-2-17-13-15-7-6-10-19(16(14-23)11-12-22)20(15)21(25)24(17)18-8-4-3-5-9-18/h3-14H,2,22-23H2,1H3/b12-11-,16-14+. The fraction of sp³-hybridized carbons (Fsp3) is 0.0952. The quantitative estimate of drug-likeness (QED) is 0.720. The van der Waals surface area contributed by atoms with Gasteiger partial charge in [-0.05, 0) is 53.4 Å². The Morgan fingerprint density at radius 1 is 1.08 bits per heavy atom. The minimum Gasteiger partial charge on any atom is -0.405 e. The van der Waals surface area contributed by atoms with Gasteiger partial charge in [0, 0.05) is 17.6 Å². The second-order valence-corrected chi connectivity index (χ2v) is 5.72. The van der Waals surface area contributed by atoms with Gasteiger partial charge < -0.3 is 11.5 Å². The fourth-order valence-electron chi connectivity index (χ4n) is 3.12. The molecular weight excluding hydrogens is 310 g/mol. The Morgan fingerprint density at radius 2 is 1.84 bits per heavy atom. The third-order valence-electron chi connectivity index (χ3n) is 4.27. The molecule has 4 heteroatoms. The van der Waals surface area contributed by atoms with Gasteiger partial charge in [-0.3, -0.25) is 9.36 Å². The lowest BCUT2D eigenvalue weighted by atomic mass is 9.98. The lowest BCUT2D eigenvalue weighted by Crippen LogP contribution is -2.22. The number of aromatic nitrogens is 1. The SMILES string of the molecule is CCc1cc2cccc(C(/C=C\N)=C/N)c2c(=O)n1-c1ccccc1. The number of allylic oxidation sites excluding steroid dienone is 2. The zero-order valence-electron chi connectivity index (χ0n) is 14.1. The molecule has 0 atom stereocenters. The van der Waals surface area contributed by atoms with Crippen LogP contribution in [-0.4, -0.2) is 4.57 Å². The number of benzene rings is 2. The minimum absolute atomic E-state index is 0.0547. The highest BCUT2D eigenvalue weighted by Crippen LogP contribution is 2.25. The summed E-state index contributed by atoms with van der Waals surface area (Å²) in [7, 11) is 0. The van der Waals surface area contributed by atoms with E-state index in [2.05, 4.69) is 6.07 Å².